The van der Waals surface area contributed by atoms with Gasteiger partial charge in [0.2, 0.25) is 0 Å². The second-order valence-electron chi connectivity index (χ2n) is 14.5. The Labute approximate surface area is 319 Å². The maximum absolute atomic E-state index is 6.68. The molecule has 0 N–H and O–H groups in total. The quantitative estimate of drug-likeness (QED) is 0.165. The zero-order valence-corrected chi connectivity index (χ0v) is 31.1. The lowest BCUT2D eigenvalue weighted by Crippen LogP contribution is -2.58. The lowest BCUT2D eigenvalue weighted by Gasteiger charge is -2.50. The van der Waals surface area contributed by atoms with Crippen LogP contribution in [-0.2, 0) is 0 Å². The summed E-state index contributed by atoms with van der Waals surface area (Å²) in [4.78, 5) is 5.44. The van der Waals surface area contributed by atoms with Gasteiger partial charge in [0.15, 0.2) is 0 Å². The molecule has 2 nitrogen and oxygen atoms in total. The Kier molecular flexibility index (Phi) is 7.82. The van der Waals surface area contributed by atoms with Gasteiger partial charge in [0.25, 0.3) is 0 Å². The highest BCUT2D eigenvalue weighted by Crippen LogP contribution is 2.70. The second-order valence-corrected chi connectivity index (χ2v) is 18.0. The van der Waals surface area contributed by atoms with Gasteiger partial charge < -0.3 is 9.55 Å². The molecule has 0 aliphatic carbocycles. The molecule has 0 saturated heterocycles. The maximum Gasteiger partial charge on any atom is 0.335 e. The molecule has 0 bridgehead atoms. The predicted molar refractivity (Wildman–Crippen MR) is 231 cm³/mol. The smallest absolute Gasteiger partial charge is 0.335 e. The predicted octanol–water partition coefficient (Wildman–Crippen LogP) is 12.2. The summed E-state index contributed by atoms with van der Waals surface area (Å²) in [7, 11) is -1.62. The Bertz CT molecular complexity index is 2480. The number of hydrogen-bond donors (Lipinski definition) is 0. The molecule has 10 rings (SSSR count). The molecule has 4 heteroatoms. The average molecular weight is 712 g/mol. The first-order chi connectivity index (χ1) is 26.6. The van der Waals surface area contributed by atoms with E-state index in [1.807, 2.05) is 0 Å². The molecule has 2 aliphatic heterocycles. The van der Waals surface area contributed by atoms with Crippen LogP contribution in [0.15, 0.2) is 204 Å². The van der Waals surface area contributed by atoms with E-state index in [1.165, 1.54) is 65.7 Å². The molecule has 258 valence electrons. The topological polar surface area (TPSA) is 12.5 Å². The minimum Gasteiger partial charge on any atom is -0.458 e. The first-order valence-corrected chi connectivity index (χ1v) is 21.0. The Balaban J connectivity index is 1.39. The van der Waals surface area contributed by atoms with Crippen LogP contribution in [0.1, 0.15) is 0 Å². The van der Waals surface area contributed by atoms with Crippen molar-refractivity contribution in [1.29, 1.82) is 0 Å². The van der Waals surface area contributed by atoms with E-state index >= 15 is 0 Å². The fourth-order valence-electron chi connectivity index (χ4n) is 8.41. The Hall–Kier alpha value is -6.23. The lowest BCUT2D eigenvalue weighted by molar-refractivity contribution is 0.487. The number of benzene rings is 8. The fourth-order valence-corrected chi connectivity index (χ4v) is 10.9. The van der Waals surface area contributed by atoms with Gasteiger partial charge >= 0.3 is 6.85 Å². The SMILES string of the molecule is CS1(C)c2cc(-c3ccccc3)cc(-c3ccccc3)c2N(B2c3ccccc3Oc3ccccc32)c2c(-c3ccccc3)cc(-c3ccccc3)cc21. The Morgan fingerprint density at radius 3 is 1.15 bits per heavy atom. The molecular weight excluding hydrogens is 673 g/mol. The molecule has 2 heterocycles. The van der Waals surface area contributed by atoms with Crippen LogP contribution in [-0.4, -0.2) is 19.4 Å². The van der Waals surface area contributed by atoms with E-state index in [1.54, 1.807) is 0 Å². The summed E-state index contributed by atoms with van der Waals surface area (Å²) in [5.74, 6) is 1.79. The number of anilines is 2. The van der Waals surface area contributed by atoms with Gasteiger partial charge in [-0.1, -0.05) is 158 Å². The zero-order chi connectivity index (χ0) is 36.2. The van der Waals surface area contributed by atoms with Crippen LogP contribution in [0.5, 0.6) is 11.5 Å². The van der Waals surface area contributed by atoms with E-state index in [4.69, 9.17) is 4.74 Å². The van der Waals surface area contributed by atoms with E-state index in [0.717, 1.165) is 22.4 Å². The van der Waals surface area contributed by atoms with Crippen LogP contribution < -0.4 is 20.5 Å². The van der Waals surface area contributed by atoms with E-state index in [-0.39, 0.29) is 6.85 Å². The number of rotatable bonds is 5. The summed E-state index contributed by atoms with van der Waals surface area (Å²) in [6.07, 6.45) is 5.00. The van der Waals surface area contributed by atoms with Crippen molar-refractivity contribution in [3.8, 4) is 56.0 Å². The summed E-state index contributed by atoms with van der Waals surface area (Å²) < 4.78 is 6.68. The maximum atomic E-state index is 6.68. The van der Waals surface area contributed by atoms with Crippen molar-refractivity contribution >= 4 is 39.2 Å². The second kappa shape index (κ2) is 13.0. The van der Waals surface area contributed by atoms with Crippen LogP contribution in [0.4, 0.5) is 11.4 Å². The van der Waals surface area contributed by atoms with Crippen LogP contribution in [0.2, 0.25) is 0 Å². The van der Waals surface area contributed by atoms with Gasteiger partial charge in [-0.3, -0.25) is 0 Å². The van der Waals surface area contributed by atoms with Crippen molar-refractivity contribution in [1.82, 2.24) is 0 Å². The molecule has 0 saturated carbocycles. The minimum atomic E-state index is -1.62. The zero-order valence-electron chi connectivity index (χ0n) is 30.3. The van der Waals surface area contributed by atoms with Crippen LogP contribution in [0.25, 0.3) is 44.5 Å². The highest BCUT2D eigenvalue weighted by Gasteiger charge is 2.45. The first-order valence-electron chi connectivity index (χ1n) is 18.5. The highest BCUT2D eigenvalue weighted by molar-refractivity contribution is 8.33. The van der Waals surface area contributed by atoms with Crippen molar-refractivity contribution in [2.75, 3.05) is 17.3 Å². The minimum absolute atomic E-state index is 0.158. The van der Waals surface area contributed by atoms with Gasteiger partial charge in [0.1, 0.15) is 11.5 Å². The van der Waals surface area contributed by atoms with Gasteiger partial charge in [-0.25, -0.2) is 0 Å². The van der Waals surface area contributed by atoms with E-state index < -0.39 is 10.0 Å². The summed E-state index contributed by atoms with van der Waals surface area (Å²) in [6, 6.07) is 70.7. The van der Waals surface area contributed by atoms with E-state index in [0.29, 0.717) is 0 Å². The van der Waals surface area contributed by atoms with E-state index in [9.17, 15) is 0 Å². The number of fused-ring (bicyclic) bond motifs is 4. The Morgan fingerprint density at radius 2 is 0.741 bits per heavy atom. The van der Waals surface area contributed by atoms with Crippen LogP contribution in [0.3, 0.4) is 0 Å². The molecule has 0 aromatic heterocycles. The number of nitrogens with zero attached hydrogens (tertiary/aromatic N) is 1. The summed E-state index contributed by atoms with van der Waals surface area (Å²) >= 11 is 0. The molecule has 54 heavy (non-hydrogen) atoms. The lowest BCUT2D eigenvalue weighted by atomic mass is 9.47. The molecule has 0 unspecified atom stereocenters. The molecule has 2 aliphatic rings. The van der Waals surface area contributed by atoms with Gasteiger partial charge in [0.05, 0.1) is 11.4 Å². The first kappa shape index (κ1) is 32.4. The standard InChI is InChI=1S/C50H38BNOS/c1-54(2)47-33-39(35-19-7-3-8-20-35)31-41(37-23-11-5-12-24-37)49(47)52(51-43-27-15-17-29-45(43)53-46-30-18-16-28-44(46)51)50-42(38-25-13-6-14-26-38)32-40(34-48(50)54)36-21-9-4-10-22-36/h3-34H,1-2H3. The molecule has 8 aromatic carbocycles. The van der Waals surface area contributed by atoms with Gasteiger partial charge in [-0.05, 0) is 93.2 Å². The van der Waals surface area contributed by atoms with E-state index in [2.05, 4.69) is 211 Å². The van der Waals surface area contributed by atoms with Crippen molar-refractivity contribution < 1.29 is 4.74 Å². The monoisotopic (exact) mass is 711 g/mol. The highest BCUT2D eigenvalue weighted by atomic mass is 32.3. The number of ether oxygens (including phenoxy) is 1. The normalized spacial score (nSPS) is 14.2. The third-order valence-electron chi connectivity index (χ3n) is 11.0. The van der Waals surface area contributed by atoms with Gasteiger partial charge in [-0.2, -0.15) is 10.0 Å². The third kappa shape index (κ3) is 5.28. The molecule has 0 atom stereocenters. The number of para-hydroxylation sites is 2. The van der Waals surface area contributed by atoms with Gasteiger partial charge in [0, 0.05) is 20.9 Å². The van der Waals surface area contributed by atoms with Crippen molar-refractivity contribution in [3.05, 3.63) is 194 Å². The molecular formula is C50H38BNOS. The molecule has 8 aromatic rings. The summed E-state index contributed by atoms with van der Waals surface area (Å²) in [6.45, 7) is -0.158. The summed E-state index contributed by atoms with van der Waals surface area (Å²) in [5, 5.41) is 0. The molecule has 0 spiro atoms. The summed E-state index contributed by atoms with van der Waals surface area (Å²) in [5.41, 5.74) is 14.6. The van der Waals surface area contributed by atoms with Crippen molar-refractivity contribution in [2.24, 2.45) is 0 Å². The third-order valence-corrected chi connectivity index (χ3v) is 13.8. The van der Waals surface area contributed by atoms with Gasteiger partial charge in [-0.15, -0.1) is 0 Å². The molecule has 0 radical (unpaired) electrons. The van der Waals surface area contributed by atoms with Crippen molar-refractivity contribution in [3.63, 3.8) is 0 Å². The van der Waals surface area contributed by atoms with Crippen LogP contribution in [0, 0.1) is 0 Å². The molecule has 0 fully saturated rings. The van der Waals surface area contributed by atoms with Crippen molar-refractivity contribution in [2.45, 2.75) is 9.79 Å². The average Bonchev–Trinajstić information content (AvgIpc) is 3.24. The molecule has 0 amide bonds. The fraction of sp³-hybridized carbons (Fsp3) is 0.0400. The number of hydrogen-bond acceptors (Lipinski definition) is 2. The Morgan fingerprint density at radius 1 is 0.389 bits per heavy atom. The largest absolute Gasteiger partial charge is 0.458 e. The van der Waals surface area contributed by atoms with Crippen LogP contribution >= 0.6 is 10.0 Å².